The molecule has 0 radical (unpaired) electrons. The number of carbonyl (C=O) groups is 2. The number of imidazole rings is 1. The van der Waals surface area contributed by atoms with Crippen LogP contribution in [0.5, 0.6) is 0 Å². The molecule has 0 aliphatic carbocycles. The standard InChI is InChI=1S/C11H12N4O5S.Na.H/c16-9(2-1-7-5-12-6-13-7)14-4-3-8-10(14)11(17)15(8)21(18,19)20;;/h1-2,5-6,8,10H,3-4H2,(H,12,13)(H,18,19,20);;/b2-1+;;/t8-,10+;;/m1../s1. The van der Waals surface area contributed by atoms with Crippen molar-refractivity contribution in [2.24, 2.45) is 0 Å². The van der Waals surface area contributed by atoms with Crippen LogP contribution in [-0.4, -0.2) is 92.1 Å². The Morgan fingerprint density at radius 1 is 1.50 bits per heavy atom. The first-order chi connectivity index (χ1) is 9.89. The maximum atomic E-state index is 12.1. The van der Waals surface area contributed by atoms with Gasteiger partial charge < -0.3 is 9.88 Å². The van der Waals surface area contributed by atoms with Gasteiger partial charge in [0.2, 0.25) is 5.91 Å². The van der Waals surface area contributed by atoms with Gasteiger partial charge in [-0.1, -0.05) is 0 Å². The summed E-state index contributed by atoms with van der Waals surface area (Å²) in [5, 5.41) is 0. The van der Waals surface area contributed by atoms with Crippen molar-refractivity contribution in [2.45, 2.75) is 18.5 Å². The van der Waals surface area contributed by atoms with E-state index in [1.165, 1.54) is 23.4 Å². The van der Waals surface area contributed by atoms with Crippen LogP contribution < -0.4 is 0 Å². The van der Waals surface area contributed by atoms with Crippen molar-refractivity contribution >= 4 is 57.8 Å². The molecule has 0 unspecified atom stereocenters. The zero-order chi connectivity index (χ0) is 15.2. The topological polar surface area (TPSA) is 124 Å². The molecule has 11 heteroatoms. The van der Waals surface area contributed by atoms with Gasteiger partial charge in [0.05, 0.1) is 18.1 Å². The van der Waals surface area contributed by atoms with E-state index in [0.29, 0.717) is 16.4 Å². The van der Waals surface area contributed by atoms with Gasteiger partial charge in [-0.05, 0) is 12.5 Å². The Labute approximate surface area is 148 Å². The van der Waals surface area contributed by atoms with Crippen LogP contribution in [-0.2, 0) is 19.9 Å². The van der Waals surface area contributed by atoms with Gasteiger partial charge in [-0.15, -0.1) is 0 Å². The summed E-state index contributed by atoms with van der Waals surface area (Å²) in [7, 11) is -4.55. The molecule has 2 aliphatic heterocycles. The van der Waals surface area contributed by atoms with Gasteiger partial charge in [-0.2, -0.15) is 8.42 Å². The number of carbonyl (C=O) groups excluding carboxylic acids is 2. The number of likely N-dealkylation sites (tertiary alicyclic amines) is 1. The van der Waals surface area contributed by atoms with Gasteiger partial charge in [-0.3, -0.25) is 14.1 Å². The minimum absolute atomic E-state index is 0. The van der Waals surface area contributed by atoms with Crippen molar-refractivity contribution < 1.29 is 22.6 Å². The average Bonchev–Trinajstić information content (AvgIpc) is 3.00. The molecule has 0 saturated carbocycles. The average molecular weight is 336 g/mol. The number of nitrogens with zero attached hydrogens (tertiary/aromatic N) is 3. The van der Waals surface area contributed by atoms with Crippen LogP contribution in [0.4, 0.5) is 0 Å². The summed E-state index contributed by atoms with van der Waals surface area (Å²) in [5.41, 5.74) is 0.568. The molecule has 2 amide bonds. The second-order valence-corrected chi connectivity index (χ2v) is 6.06. The number of H-pyrrole nitrogens is 1. The normalized spacial score (nSPS) is 24.1. The first-order valence-corrected chi connectivity index (χ1v) is 7.57. The van der Waals surface area contributed by atoms with Crippen LogP contribution in [0.3, 0.4) is 0 Å². The third-order valence-electron chi connectivity index (χ3n) is 3.59. The summed E-state index contributed by atoms with van der Waals surface area (Å²) in [6.45, 7) is 0.261. The van der Waals surface area contributed by atoms with Gasteiger partial charge in [0.1, 0.15) is 6.04 Å². The van der Waals surface area contributed by atoms with E-state index in [2.05, 4.69) is 9.97 Å². The van der Waals surface area contributed by atoms with Crippen molar-refractivity contribution in [1.82, 2.24) is 19.2 Å². The van der Waals surface area contributed by atoms with E-state index in [-0.39, 0.29) is 36.1 Å². The Morgan fingerprint density at radius 2 is 2.23 bits per heavy atom. The Hall–Kier alpha value is -1.20. The fraction of sp³-hybridized carbons (Fsp3) is 0.364. The van der Waals surface area contributed by atoms with E-state index in [0.717, 1.165) is 0 Å². The number of nitrogens with one attached hydrogen (secondary N) is 1. The molecule has 2 saturated heterocycles. The van der Waals surface area contributed by atoms with Gasteiger partial charge in [0.25, 0.3) is 5.91 Å². The van der Waals surface area contributed by atoms with Crippen LogP contribution >= 0.6 is 0 Å². The van der Waals surface area contributed by atoms with Gasteiger partial charge in [0, 0.05) is 18.8 Å². The molecule has 114 valence electrons. The first-order valence-electron chi connectivity index (χ1n) is 6.18. The molecule has 1 aromatic heterocycles. The van der Waals surface area contributed by atoms with E-state index in [9.17, 15) is 18.0 Å². The second kappa shape index (κ2) is 6.13. The number of aromatic amines is 1. The van der Waals surface area contributed by atoms with Crippen molar-refractivity contribution in [3.05, 3.63) is 24.3 Å². The minimum atomic E-state index is -4.55. The number of hydrogen-bond donors (Lipinski definition) is 2. The number of fused-ring (bicyclic) bond motifs is 1. The Kier molecular flexibility index (Phi) is 4.78. The molecule has 1 aromatic rings. The summed E-state index contributed by atoms with van der Waals surface area (Å²) in [5.74, 6) is -1.17. The van der Waals surface area contributed by atoms with Crippen molar-refractivity contribution in [2.75, 3.05) is 6.54 Å². The summed E-state index contributed by atoms with van der Waals surface area (Å²) in [6, 6.07) is -1.49. The summed E-state index contributed by atoms with van der Waals surface area (Å²) in [4.78, 5) is 31.8. The molecule has 0 aromatic carbocycles. The predicted octanol–water partition coefficient (Wildman–Crippen LogP) is -1.61. The van der Waals surface area contributed by atoms with Crippen LogP contribution in [0.1, 0.15) is 12.1 Å². The van der Waals surface area contributed by atoms with E-state index < -0.39 is 34.2 Å². The quantitative estimate of drug-likeness (QED) is 0.296. The molecular weight excluding hydrogens is 323 g/mol. The number of amides is 2. The van der Waals surface area contributed by atoms with Crippen molar-refractivity contribution in [1.29, 1.82) is 0 Å². The van der Waals surface area contributed by atoms with E-state index in [4.69, 9.17) is 4.55 Å². The number of rotatable bonds is 3. The van der Waals surface area contributed by atoms with E-state index >= 15 is 0 Å². The fourth-order valence-corrected chi connectivity index (χ4v) is 3.58. The van der Waals surface area contributed by atoms with Crippen LogP contribution in [0.25, 0.3) is 6.08 Å². The molecule has 22 heavy (non-hydrogen) atoms. The summed E-state index contributed by atoms with van der Waals surface area (Å²) < 4.78 is 31.5. The summed E-state index contributed by atoms with van der Waals surface area (Å²) >= 11 is 0. The molecule has 3 heterocycles. The zero-order valence-electron chi connectivity index (χ0n) is 10.7. The Morgan fingerprint density at radius 3 is 2.82 bits per heavy atom. The maximum absolute atomic E-state index is 12.1. The van der Waals surface area contributed by atoms with Crippen molar-refractivity contribution in [3.8, 4) is 0 Å². The van der Waals surface area contributed by atoms with Crippen LogP contribution in [0.2, 0.25) is 0 Å². The molecule has 0 spiro atoms. The van der Waals surface area contributed by atoms with E-state index in [1.54, 1.807) is 6.20 Å². The Bertz CT molecular complexity index is 717. The molecule has 9 nitrogen and oxygen atoms in total. The first kappa shape index (κ1) is 17.2. The number of β-lactam (4-membered cyclic amide) rings is 1. The van der Waals surface area contributed by atoms with Crippen molar-refractivity contribution in [3.63, 3.8) is 0 Å². The fourth-order valence-electron chi connectivity index (χ4n) is 2.68. The van der Waals surface area contributed by atoms with Crippen LogP contribution in [0, 0.1) is 0 Å². The molecule has 0 bridgehead atoms. The van der Waals surface area contributed by atoms with Gasteiger partial charge in [-0.25, -0.2) is 9.29 Å². The third-order valence-corrected chi connectivity index (χ3v) is 4.53. The monoisotopic (exact) mass is 336 g/mol. The van der Waals surface area contributed by atoms with Gasteiger partial charge in [0.15, 0.2) is 0 Å². The molecular formula is C11H13N4NaO5S. The SMILES string of the molecule is O=C(/C=C/c1c[nH]cn1)N1CC[C@@H]2[C@H]1C(=O)N2S(=O)(=O)O.[NaH]. The molecule has 2 fully saturated rings. The second-order valence-electron chi connectivity index (χ2n) is 4.77. The van der Waals surface area contributed by atoms with Crippen LogP contribution in [0.15, 0.2) is 18.6 Å². The summed E-state index contributed by atoms with van der Waals surface area (Å²) in [6.07, 6.45) is 6.16. The number of hydrogen-bond acceptors (Lipinski definition) is 5. The zero-order valence-corrected chi connectivity index (χ0v) is 11.5. The van der Waals surface area contributed by atoms with E-state index in [1.807, 2.05) is 0 Å². The molecule has 2 aliphatic rings. The number of aromatic nitrogens is 2. The molecule has 3 rings (SSSR count). The predicted molar refractivity (Wildman–Crippen MR) is 77.1 cm³/mol. The Balaban J connectivity index is 0.00000176. The van der Waals surface area contributed by atoms with Gasteiger partial charge >= 0.3 is 39.9 Å². The molecule has 2 N–H and O–H groups in total. The molecule has 2 atom stereocenters. The third kappa shape index (κ3) is 2.84.